The van der Waals surface area contributed by atoms with Crippen molar-refractivity contribution in [2.75, 3.05) is 13.7 Å². The molecule has 0 aromatic heterocycles. The SMILES string of the molecule is COC(=O)C(C)N(C(=O)COc1c(C)cccc1C)C1CC1. The third-order valence-corrected chi connectivity index (χ3v) is 3.94. The average molecular weight is 305 g/mol. The molecule has 0 spiro atoms. The van der Waals surface area contributed by atoms with Crippen molar-refractivity contribution in [1.29, 1.82) is 0 Å². The Kier molecular flexibility index (Phi) is 5.06. The van der Waals surface area contributed by atoms with Crippen molar-refractivity contribution in [1.82, 2.24) is 4.90 Å². The molecule has 0 N–H and O–H groups in total. The maximum Gasteiger partial charge on any atom is 0.328 e. The van der Waals surface area contributed by atoms with Crippen LogP contribution in [0.3, 0.4) is 0 Å². The molecule has 0 heterocycles. The maximum absolute atomic E-state index is 12.5. The predicted molar refractivity (Wildman–Crippen MR) is 82.8 cm³/mol. The summed E-state index contributed by atoms with van der Waals surface area (Å²) in [6.07, 6.45) is 1.85. The molecule has 1 aromatic rings. The number of esters is 1. The van der Waals surface area contributed by atoms with Gasteiger partial charge >= 0.3 is 5.97 Å². The zero-order valence-electron chi connectivity index (χ0n) is 13.6. The molecule has 5 heteroatoms. The number of hydrogen-bond donors (Lipinski definition) is 0. The summed E-state index contributed by atoms with van der Waals surface area (Å²) in [6.45, 7) is 5.52. The molecule has 1 amide bonds. The van der Waals surface area contributed by atoms with E-state index in [0.29, 0.717) is 0 Å². The molecule has 0 saturated heterocycles. The Balaban J connectivity index is 2.04. The maximum atomic E-state index is 12.5. The lowest BCUT2D eigenvalue weighted by molar-refractivity contribution is -0.153. The first kappa shape index (κ1) is 16.3. The van der Waals surface area contributed by atoms with E-state index in [0.717, 1.165) is 29.7 Å². The first-order valence-electron chi connectivity index (χ1n) is 7.53. The number of amides is 1. The number of nitrogens with zero attached hydrogens (tertiary/aromatic N) is 1. The van der Waals surface area contributed by atoms with Crippen LogP contribution in [-0.4, -0.2) is 42.6 Å². The minimum absolute atomic E-state index is 0.0659. The molecule has 22 heavy (non-hydrogen) atoms. The minimum atomic E-state index is -0.577. The summed E-state index contributed by atoms with van der Waals surface area (Å²) in [5, 5.41) is 0. The lowest BCUT2D eigenvalue weighted by Crippen LogP contribution is -2.47. The highest BCUT2D eigenvalue weighted by Gasteiger charge is 2.38. The van der Waals surface area contributed by atoms with Gasteiger partial charge in [0.1, 0.15) is 11.8 Å². The molecule has 1 saturated carbocycles. The van der Waals surface area contributed by atoms with Crippen LogP contribution in [0.4, 0.5) is 0 Å². The second-order valence-corrected chi connectivity index (χ2v) is 5.74. The normalized spacial score (nSPS) is 15.1. The Morgan fingerprint density at radius 2 is 1.86 bits per heavy atom. The monoisotopic (exact) mass is 305 g/mol. The Labute approximate surface area is 131 Å². The number of carbonyl (C=O) groups is 2. The first-order chi connectivity index (χ1) is 10.5. The second-order valence-electron chi connectivity index (χ2n) is 5.74. The van der Waals surface area contributed by atoms with Crippen LogP contribution >= 0.6 is 0 Å². The first-order valence-corrected chi connectivity index (χ1v) is 7.53. The Bertz CT molecular complexity index is 546. The summed E-state index contributed by atoms with van der Waals surface area (Å²) in [4.78, 5) is 25.8. The Morgan fingerprint density at radius 3 is 2.36 bits per heavy atom. The second kappa shape index (κ2) is 6.81. The number of para-hydroxylation sites is 1. The van der Waals surface area contributed by atoms with E-state index in [1.54, 1.807) is 11.8 Å². The largest absolute Gasteiger partial charge is 0.483 e. The van der Waals surface area contributed by atoms with E-state index in [4.69, 9.17) is 9.47 Å². The molecule has 1 aromatic carbocycles. The van der Waals surface area contributed by atoms with E-state index in [-0.39, 0.29) is 18.6 Å². The van der Waals surface area contributed by atoms with Gasteiger partial charge in [0.05, 0.1) is 7.11 Å². The van der Waals surface area contributed by atoms with Gasteiger partial charge in [0.2, 0.25) is 0 Å². The molecule has 1 aliphatic carbocycles. The highest BCUT2D eigenvalue weighted by atomic mass is 16.5. The third-order valence-electron chi connectivity index (χ3n) is 3.94. The summed E-state index contributed by atoms with van der Waals surface area (Å²) in [5.74, 6) is 0.160. The molecule has 1 fully saturated rings. The van der Waals surface area contributed by atoms with Crippen LogP contribution in [0.5, 0.6) is 5.75 Å². The van der Waals surface area contributed by atoms with Gasteiger partial charge in [-0.25, -0.2) is 4.79 Å². The number of benzene rings is 1. The third kappa shape index (κ3) is 3.59. The summed E-state index contributed by atoms with van der Waals surface area (Å²) >= 11 is 0. The fourth-order valence-corrected chi connectivity index (χ4v) is 2.61. The summed E-state index contributed by atoms with van der Waals surface area (Å²) in [6, 6.07) is 5.40. The molecule has 2 rings (SSSR count). The van der Waals surface area contributed by atoms with Crippen molar-refractivity contribution >= 4 is 11.9 Å². The fourth-order valence-electron chi connectivity index (χ4n) is 2.61. The van der Waals surface area contributed by atoms with Gasteiger partial charge in [0, 0.05) is 6.04 Å². The molecular formula is C17H23NO4. The van der Waals surface area contributed by atoms with Crippen molar-refractivity contribution in [3.8, 4) is 5.75 Å². The van der Waals surface area contributed by atoms with Crippen LogP contribution in [0.25, 0.3) is 0 Å². The molecule has 1 unspecified atom stereocenters. The molecule has 120 valence electrons. The average Bonchev–Trinajstić information content (AvgIpc) is 3.30. The van der Waals surface area contributed by atoms with Crippen LogP contribution < -0.4 is 4.74 Å². The number of aryl methyl sites for hydroxylation is 2. The molecule has 0 radical (unpaired) electrons. The molecule has 1 aliphatic rings. The molecule has 0 aliphatic heterocycles. The van der Waals surface area contributed by atoms with Crippen LogP contribution in [0.1, 0.15) is 30.9 Å². The number of rotatable bonds is 6. The smallest absolute Gasteiger partial charge is 0.328 e. The number of methoxy groups -OCH3 is 1. The van der Waals surface area contributed by atoms with E-state index in [1.165, 1.54) is 7.11 Å². The molecule has 5 nitrogen and oxygen atoms in total. The van der Waals surface area contributed by atoms with Crippen molar-refractivity contribution in [3.63, 3.8) is 0 Å². The highest BCUT2D eigenvalue weighted by molar-refractivity contribution is 5.85. The van der Waals surface area contributed by atoms with Gasteiger partial charge < -0.3 is 14.4 Å². The summed E-state index contributed by atoms with van der Waals surface area (Å²) in [5.41, 5.74) is 1.98. The summed E-state index contributed by atoms with van der Waals surface area (Å²) < 4.78 is 10.5. The highest BCUT2D eigenvalue weighted by Crippen LogP contribution is 2.29. The van der Waals surface area contributed by atoms with E-state index in [2.05, 4.69) is 0 Å². The zero-order chi connectivity index (χ0) is 16.3. The number of ether oxygens (including phenoxy) is 2. The summed E-state index contributed by atoms with van der Waals surface area (Å²) in [7, 11) is 1.33. The Hall–Kier alpha value is -2.04. The lowest BCUT2D eigenvalue weighted by Gasteiger charge is -2.27. The van der Waals surface area contributed by atoms with Gasteiger partial charge in [-0.1, -0.05) is 18.2 Å². The van der Waals surface area contributed by atoms with Crippen molar-refractivity contribution in [3.05, 3.63) is 29.3 Å². The van der Waals surface area contributed by atoms with E-state index in [1.807, 2.05) is 32.0 Å². The van der Waals surface area contributed by atoms with Gasteiger partial charge in [-0.05, 0) is 44.7 Å². The van der Waals surface area contributed by atoms with Crippen LogP contribution in [0, 0.1) is 13.8 Å². The van der Waals surface area contributed by atoms with Crippen LogP contribution in [-0.2, 0) is 14.3 Å². The minimum Gasteiger partial charge on any atom is -0.483 e. The quantitative estimate of drug-likeness (QED) is 0.756. The van der Waals surface area contributed by atoms with Crippen molar-refractivity contribution in [2.24, 2.45) is 0 Å². The molecular weight excluding hydrogens is 282 g/mol. The van der Waals surface area contributed by atoms with E-state index >= 15 is 0 Å². The van der Waals surface area contributed by atoms with Crippen LogP contribution in [0.2, 0.25) is 0 Å². The molecule has 1 atom stereocenters. The predicted octanol–water partition coefficient (Wildman–Crippen LogP) is 2.23. The topological polar surface area (TPSA) is 55.8 Å². The van der Waals surface area contributed by atoms with E-state index in [9.17, 15) is 9.59 Å². The zero-order valence-corrected chi connectivity index (χ0v) is 13.6. The standard InChI is InChI=1S/C17H23NO4/c1-11-6-5-7-12(2)16(11)22-10-15(19)18(14-8-9-14)13(3)17(20)21-4/h5-7,13-14H,8-10H2,1-4H3. The van der Waals surface area contributed by atoms with Gasteiger partial charge in [-0.15, -0.1) is 0 Å². The van der Waals surface area contributed by atoms with Gasteiger partial charge in [-0.3, -0.25) is 4.79 Å². The number of carbonyl (C=O) groups excluding carboxylic acids is 2. The number of hydrogen-bond acceptors (Lipinski definition) is 4. The van der Waals surface area contributed by atoms with Crippen molar-refractivity contribution < 1.29 is 19.1 Å². The van der Waals surface area contributed by atoms with Gasteiger partial charge in [0.15, 0.2) is 6.61 Å². The fraction of sp³-hybridized carbons (Fsp3) is 0.529. The molecule has 0 bridgehead atoms. The Morgan fingerprint density at radius 1 is 1.27 bits per heavy atom. The lowest BCUT2D eigenvalue weighted by atomic mass is 10.1. The van der Waals surface area contributed by atoms with Gasteiger partial charge in [-0.2, -0.15) is 0 Å². The van der Waals surface area contributed by atoms with Crippen LogP contribution in [0.15, 0.2) is 18.2 Å². The van der Waals surface area contributed by atoms with E-state index < -0.39 is 12.0 Å². The van der Waals surface area contributed by atoms with Gasteiger partial charge in [0.25, 0.3) is 5.91 Å². The van der Waals surface area contributed by atoms with Crippen molar-refractivity contribution in [2.45, 2.75) is 45.7 Å².